The zero-order valence-electron chi connectivity index (χ0n) is 13.6. The molecule has 24 heavy (non-hydrogen) atoms. The average Bonchev–Trinajstić information content (AvgIpc) is 3.31. The number of hydrogen-bond donors (Lipinski definition) is 0. The van der Waals surface area contributed by atoms with E-state index in [-0.39, 0.29) is 24.2 Å². The van der Waals surface area contributed by atoms with Crippen LogP contribution in [0.1, 0.15) is 58.2 Å². The van der Waals surface area contributed by atoms with E-state index in [1.807, 2.05) is 22.4 Å². The molecule has 6 nitrogen and oxygen atoms in total. The number of amides is 1. The fourth-order valence-electron chi connectivity index (χ4n) is 3.03. The number of carbonyl (C=O) groups excluding carboxylic acids is 2. The van der Waals surface area contributed by atoms with Crippen LogP contribution in [-0.2, 0) is 11.3 Å². The Hall–Kier alpha value is -2.15. The molecule has 1 saturated carbocycles. The quantitative estimate of drug-likeness (QED) is 0.773. The van der Waals surface area contributed by atoms with Crippen molar-refractivity contribution in [2.45, 2.75) is 44.7 Å². The molecule has 0 spiro atoms. The molecule has 0 atom stereocenters. The fraction of sp³-hybridized carbons (Fsp3) is 0.471. The van der Waals surface area contributed by atoms with E-state index in [1.54, 1.807) is 0 Å². The first kappa shape index (κ1) is 16.7. The van der Waals surface area contributed by atoms with E-state index < -0.39 is 5.97 Å². The second-order valence-corrected chi connectivity index (χ2v) is 6.77. The molecule has 2 aromatic rings. The molecule has 0 N–H and O–H groups in total. The van der Waals surface area contributed by atoms with Crippen molar-refractivity contribution in [2.75, 3.05) is 7.11 Å². The Morgan fingerprint density at radius 2 is 2.17 bits per heavy atom. The van der Waals surface area contributed by atoms with Crippen molar-refractivity contribution in [3.05, 3.63) is 40.2 Å². The van der Waals surface area contributed by atoms with Crippen LogP contribution in [0.5, 0.6) is 0 Å². The number of thiophene rings is 1. The van der Waals surface area contributed by atoms with Gasteiger partial charge in [0.05, 0.1) is 18.5 Å². The maximum absolute atomic E-state index is 12.9. The van der Waals surface area contributed by atoms with E-state index in [4.69, 9.17) is 4.42 Å². The number of aromatic nitrogens is 1. The number of carbonyl (C=O) groups is 2. The van der Waals surface area contributed by atoms with E-state index in [1.165, 1.54) is 31.1 Å². The van der Waals surface area contributed by atoms with Crippen LogP contribution in [0.3, 0.4) is 0 Å². The predicted molar refractivity (Wildman–Crippen MR) is 88.9 cm³/mol. The molecule has 0 bridgehead atoms. The van der Waals surface area contributed by atoms with Gasteiger partial charge in [-0.3, -0.25) is 4.79 Å². The standard InChI is InChI=1S/C17H20N2O4S/c1-22-17(21)13-11-23-15(18-13)10-19(12-6-3-2-4-7-12)16(20)14-8-5-9-24-14/h5,8-9,11-12H,2-4,6-7,10H2,1H3. The van der Waals surface area contributed by atoms with Crippen LogP contribution in [0.4, 0.5) is 0 Å². The third-order valence-electron chi connectivity index (χ3n) is 4.26. The molecule has 1 aliphatic carbocycles. The van der Waals surface area contributed by atoms with Crippen molar-refractivity contribution >= 4 is 23.2 Å². The number of methoxy groups -OCH3 is 1. The molecular formula is C17H20N2O4S. The lowest BCUT2D eigenvalue weighted by molar-refractivity contribution is 0.0592. The van der Waals surface area contributed by atoms with Gasteiger partial charge in [-0.2, -0.15) is 0 Å². The van der Waals surface area contributed by atoms with E-state index >= 15 is 0 Å². The van der Waals surface area contributed by atoms with Gasteiger partial charge in [0.2, 0.25) is 5.89 Å². The first-order chi connectivity index (χ1) is 11.7. The summed E-state index contributed by atoms with van der Waals surface area (Å²) in [4.78, 5) is 31.1. The van der Waals surface area contributed by atoms with Crippen LogP contribution in [0, 0.1) is 0 Å². The minimum Gasteiger partial charge on any atom is -0.464 e. The number of ether oxygens (including phenoxy) is 1. The zero-order valence-corrected chi connectivity index (χ0v) is 14.4. The number of esters is 1. The van der Waals surface area contributed by atoms with Gasteiger partial charge < -0.3 is 14.1 Å². The number of nitrogens with zero attached hydrogens (tertiary/aromatic N) is 2. The second-order valence-electron chi connectivity index (χ2n) is 5.82. The van der Waals surface area contributed by atoms with Crippen LogP contribution >= 0.6 is 11.3 Å². The molecule has 1 amide bonds. The highest BCUT2D eigenvalue weighted by Gasteiger charge is 2.28. The summed E-state index contributed by atoms with van der Waals surface area (Å²) < 4.78 is 10.0. The van der Waals surface area contributed by atoms with Gasteiger partial charge in [-0.25, -0.2) is 9.78 Å². The lowest BCUT2D eigenvalue weighted by Crippen LogP contribution is -2.40. The van der Waals surface area contributed by atoms with Crippen molar-refractivity contribution in [2.24, 2.45) is 0 Å². The normalized spacial score (nSPS) is 15.2. The molecule has 2 aromatic heterocycles. The minimum atomic E-state index is -0.543. The van der Waals surface area contributed by atoms with Crippen molar-refractivity contribution < 1.29 is 18.7 Å². The maximum atomic E-state index is 12.9. The molecule has 1 fully saturated rings. The van der Waals surface area contributed by atoms with Crippen molar-refractivity contribution in [3.63, 3.8) is 0 Å². The monoisotopic (exact) mass is 348 g/mol. The largest absolute Gasteiger partial charge is 0.464 e. The summed E-state index contributed by atoms with van der Waals surface area (Å²) >= 11 is 1.43. The summed E-state index contributed by atoms with van der Waals surface area (Å²) in [5, 5.41) is 1.90. The molecule has 7 heteroatoms. The molecule has 0 aliphatic heterocycles. The third-order valence-corrected chi connectivity index (χ3v) is 5.12. The molecule has 3 rings (SSSR count). The summed E-state index contributed by atoms with van der Waals surface area (Å²) in [6.45, 7) is 0.262. The number of oxazole rings is 1. The Labute approximate surface area is 144 Å². The molecule has 0 aromatic carbocycles. The van der Waals surface area contributed by atoms with Gasteiger partial charge in [-0.1, -0.05) is 25.3 Å². The maximum Gasteiger partial charge on any atom is 0.360 e. The van der Waals surface area contributed by atoms with Crippen LogP contribution in [-0.4, -0.2) is 34.9 Å². The molecule has 0 saturated heterocycles. The summed E-state index contributed by atoms with van der Waals surface area (Å²) in [6, 6.07) is 3.89. The van der Waals surface area contributed by atoms with Crippen LogP contribution in [0.25, 0.3) is 0 Å². The van der Waals surface area contributed by atoms with Gasteiger partial charge in [0, 0.05) is 6.04 Å². The van der Waals surface area contributed by atoms with Gasteiger partial charge in [-0.05, 0) is 24.3 Å². The van der Waals surface area contributed by atoms with E-state index in [2.05, 4.69) is 9.72 Å². The summed E-state index contributed by atoms with van der Waals surface area (Å²) in [5.74, 6) is -0.195. The van der Waals surface area contributed by atoms with Gasteiger partial charge in [0.1, 0.15) is 6.26 Å². The van der Waals surface area contributed by atoms with E-state index in [0.717, 1.165) is 25.7 Å². The topological polar surface area (TPSA) is 72.6 Å². The molecule has 128 valence electrons. The first-order valence-corrected chi connectivity index (χ1v) is 8.94. The number of hydrogen-bond acceptors (Lipinski definition) is 6. The van der Waals surface area contributed by atoms with Crippen molar-refractivity contribution in [3.8, 4) is 0 Å². The van der Waals surface area contributed by atoms with Crippen LogP contribution in [0.2, 0.25) is 0 Å². The lowest BCUT2D eigenvalue weighted by Gasteiger charge is -2.33. The second kappa shape index (κ2) is 7.61. The van der Waals surface area contributed by atoms with Gasteiger partial charge in [0.15, 0.2) is 5.69 Å². The molecule has 1 aliphatic rings. The lowest BCUT2D eigenvalue weighted by atomic mass is 9.94. The Bertz CT molecular complexity index is 689. The Morgan fingerprint density at radius 1 is 1.38 bits per heavy atom. The van der Waals surface area contributed by atoms with Gasteiger partial charge in [-0.15, -0.1) is 11.3 Å². The summed E-state index contributed by atoms with van der Waals surface area (Å²) in [7, 11) is 1.30. The highest BCUT2D eigenvalue weighted by Crippen LogP contribution is 2.26. The van der Waals surface area contributed by atoms with E-state index in [0.29, 0.717) is 10.8 Å². The van der Waals surface area contributed by atoms with Crippen LogP contribution < -0.4 is 0 Å². The fourth-order valence-corrected chi connectivity index (χ4v) is 3.71. The molecule has 0 unspecified atom stereocenters. The predicted octanol–water partition coefficient (Wildman–Crippen LogP) is 3.50. The average molecular weight is 348 g/mol. The summed E-state index contributed by atoms with van der Waals surface area (Å²) in [5.41, 5.74) is 0.125. The Balaban J connectivity index is 1.80. The zero-order chi connectivity index (χ0) is 16.9. The Morgan fingerprint density at radius 3 is 2.83 bits per heavy atom. The van der Waals surface area contributed by atoms with Crippen molar-refractivity contribution in [1.82, 2.24) is 9.88 Å². The number of rotatable bonds is 5. The smallest absolute Gasteiger partial charge is 0.360 e. The van der Waals surface area contributed by atoms with Gasteiger partial charge in [0.25, 0.3) is 5.91 Å². The summed E-state index contributed by atoms with van der Waals surface area (Å²) in [6.07, 6.45) is 6.71. The van der Waals surface area contributed by atoms with Gasteiger partial charge >= 0.3 is 5.97 Å². The van der Waals surface area contributed by atoms with E-state index in [9.17, 15) is 9.59 Å². The third kappa shape index (κ3) is 3.67. The Kier molecular flexibility index (Phi) is 5.30. The highest BCUT2D eigenvalue weighted by molar-refractivity contribution is 7.12. The highest BCUT2D eigenvalue weighted by atomic mass is 32.1. The van der Waals surface area contributed by atoms with Crippen LogP contribution in [0.15, 0.2) is 28.2 Å². The minimum absolute atomic E-state index is 0.00489. The SMILES string of the molecule is COC(=O)c1coc(CN(C(=O)c2cccs2)C2CCCCC2)n1. The molecule has 2 heterocycles. The van der Waals surface area contributed by atoms with Crippen molar-refractivity contribution in [1.29, 1.82) is 0 Å². The first-order valence-electron chi connectivity index (χ1n) is 8.06. The molecular weight excluding hydrogens is 328 g/mol. The molecule has 0 radical (unpaired) electrons.